The highest BCUT2D eigenvalue weighted by atomic mass is 16.2. The van der Waals surface area contributed by atoms with Crippen LogP contribution in [0.2, 0.25) is 0 Å². The second kappa shape index (κ2) is 9.55. The topological polar surface area (TPSA) is 95.4 Å². The summed E-state index contributed by atoms with van der Waals surface area (Å²) in [6, 6.07) is 8.30. The van der Waals surface area contributed by atoms with Crippen molar-refractivity contribution in [3.05, 3.63) is 54.7 Å². The molecule has 1 aliphatic heterocycles. The van der Waals surface area contributed by atoms with Crippen LogP contribution >= 0.6 is 0 Å². The van der Waals surface area contributed by atoms with Gasteiger partial charge in [0.1, 0.15) is 11.9 Å². The monoisotopic (exact) mass is 478 g/mol. The third kappa shape index (κ3) is 4.39. The number of fused-ring (bicyclic) bond motifs is 1. The number of carbonyl (C=O) groups excluding carboxylic acids is 1. The molecule has 9 nitrogen and oxygen atoms in total. The molecule has 0 N–H and O–H groups in total. The molecular formula is C27H26N8O. The first-order chi connectivity index (χ1) is 17.5. The summed E-state index contributed by atoms with van der Waals surface area (Å²) in [7, 11) is 0. The highest BCUT2D eigenvalue weighted by Gasteiger charge is 2.21. The summed E-state index contributed by atoms with van der Waals surface area (Å²) in [4.78, 5) is 20.3. The van der Waals surface area contributed by atoms with Crippen molar-refractivity contribution in [2.45, 2.75) is 20.4 Å². The fourth-order valence-electron chi connectivity index (χ4n) is 4.53. The number of amides is 1. The highest BCUT2D eigenvalue weighted by molar-refractivity contribution is 5.93. The molecule has 0 aromatic carbocycles. The standard InChI is InChI=1S/C27H26N8O/c1-4-26(36)33-9-7-32(8-10-33)25-6-5-20(13-29-25)24-11-21(18-35-27(24)22(12-28)14-31-35)23-15-30-34(17-23)16-19(2)3/h1,5-6,11,13-15,17-19H,7-10,16H2,2-3H3. The number of nitrogens with zero attached hydrogens (tertiary/aromatic N) is 8. The van der Waals surface area contributed by atoms with Crippen LogP contribution in [0, 0.1) is 29.6 Å². The summed E-state index contributed by atoms with van der Waals surface area (Å²) in [5.41, 5.74) is 4.95. The molecule has 0 spiro atoms. The maximum Gasteiger partial charge on any atom is 0.298 e. The molecule has 0 aliphatic carbocycles. The van der Waals surface area contributed by atoms with Crippen molar-refractivity contribution in [2.75, 3.05) is 31.1 Å². The van der Waals surface area contributed by atoms with Crippen LogP contribution in [-0.2, 0) is 11.3 Å². The number of aromatic nitrogens is 5. The Hall–Kier alpha value is -4.63. The summed E-state index contributed by atoms with van der Waals surface area (Å²) in [5, 5.41) is 18.6. The van der Waals surface area contributed by atoms with E-state index < -0.39 is 0 Å². The van der Waals surface area contributed by atoms with Gasteiger partial charge < -0.3 is 9.80 Å². The van der Waals surface area contributed by atoms with Gasteiger partial charge in [0.25, 0.3) is 5.91 Å². The third-order valence-electron chi connectivity index (χ3n) is 6.32. The molecule has 0 atom stereocenters. The van der Waals surface area contributed by atoms with Gasteiger partial charge in [-0.3, -0.25) is 9.48 Å². The van der Waals surface area contributed by atoms with Crippen molar-refractivity contribution in [1.29, 1.82) is 5.26 Å². The van der Waals surface area contributed by atoms with Crippen LogP contribution in [0.3, 0.4) is 0 Å². The molecular weight excluding hydrogens is 452 g/mol. The smallest absolute Gasteiger partial charge is 0.298 e. The van der Waals surface area contributed by atoms with E-state index >= 15 is 0 Å². The Balaban J connectivity index is 1.47. The Bertz CT molecular complexity index is 1490. The predicted molar refractivity (Wildman–Crippen MR) is 137 cm³/mol. The first-order valence-electron chi connectivity index (χ1n) is 11.9. The fourth-order valence-corrected chi connectivity index (χ4v) is 4.53. The minimum Gasteiger partial charge on any atom is -0.353 e. The van der Waals surface area contributed by atoms with Crippen molar-refractivity contribution in [2.24, 2.45) is 5.92 Å². The maximum atomic E-state index is 11.7. The summed E-state index contributed by atoms with van der Waals surface area (Å²) in [5.74, 6) is 3.23. The second-order valence-electron chi connectivity index (χ2n) is 9.28. The van der Waals surface area contributed by atoms with Gasteiger partial charge in [0.15, 0.2) is 0 Å². The minimum atomic E-state index is -0.272. The largest absolute Gasteiger partial charge is 0.353 e. The Morgan fingerprint density at radius 2 is 1.86 bits per heavy atom. The van der Waals surface area contributed by atoms with Gasteiger partial charge in [-0.05, 0) is 30.0 Å². The molecule has 1 amide bonds. The quantitative estimate of drug-likeness (QED) is 0.409. The maximum absolute atomic E-state index is 11.7. The van der Waals surface area contributed by atoms with Crippen molar-refractivity contribution in [3.63, 3.8) is 0 Å². The van der Waals surface area contributed by atoms with E-state index in [0.29, 0.717) is 37.7 Å². The van der Waals surface area contributed by atoms with Crippen molar-refractivity contribution in [3.8, 4) is 40.7 Å². The zero-order chi connectivity index (χ0) is 25.2. The number of hydrogen-bond acceptors (Lipinski definition) is 6. The van der Waals surface area contributed by atoms with Crippen LogP contribution in [0.4, 0.5) is 5.82 Å². The number of hydrogen-bond donors (Lipinski definition) is 0. The van der Waals surface area contributed by atoms with Gasteiger partial charge in [0.05, 0.1) is 23.5 Å². The molecule has 0 bridgehead atoms. The Kier molecular flexibility index (Phi) is 6.14. The van der Waals surface area contributed by atoms with Gasteiger partial charge in [0, 0.05) is 73.6 Å². The lowest BCUT2D eigenvalue weighted by molar-refractivity contribution is -0.125. The molecule has 180 valence electrons. The first kappa shape index (κ1) is 23.1. The number of nitriles is 1. The Morgan fingerprint density at radius 3 is 2.53 bits per heavy atom. The summed E-state index contributed by atoms with van der Waals surface area (Å²) in [6.07, 6.45) is 14.5. The lowest BCUT2D eigenvalue weighted by atomic mass is 10.0. The molecule has 1 fully saturated rings. The number of terminal acetylenes is 1. The van der Waals surface area contributed by atoms with Gasteiger partial charge in [-0.2, -0.15) is 15.5 Å². The molecule has 5 heterocycles. The molecule has 0 unspecified atom stereocenters. The van der Waals surface area contributed by atoms with E-state index in [-0.39, 0.29) is 5.91 Å². The molecule has 5 rings (SSSR count). The van der Waals surface area contributed by atoms with Crippen molar-refractivity contribution in [1.82, 2.24) is 29.3 Å². The number of carbonyl (C=O) groups is 1. The van der Waals surface area contributed by atoms with E-state index in [0.717, 1.165) is 40.1 Å². The van der Waals surface area contributed by atoms with Crippen LogP contribution < -0.4 is 4.90 Å². The molecule has 0 saturated carbocycles. The Morgan fingerprint density at radius 1 is 1.06 bits per heavy atom. The molecule has 1 aliphatic rings. The van der Waals surface area contributed by atoms with Gasteiger partial charge in [-0.15, -0.1) is 6.42 Å². The summed E-state index contributed by atoms with van der Waals surface area (Å²) in [6.45, 7) is 7.63. The number of piperazine rings is 1. The van der Waals surface area contributed by atoms with E-state index in [1.165, 1.54) is 0 Å². The van der Waals surface area contributed by atoms with E-state index in [1.54, 1.807) is 15.6 Å². The SMILES string of the molecule is C#CC(=O)N1CCN(c2ccc(-c3cc(-c4cnn(CC(C)C)c4)cn4ncc(C#N)c34)cn2)CC1. The Labute approximate surface area is 209 Å². The second-order valence-corrected chi connectivity index (χ2v) is 9.28. The normalized spacial score (nSPS) is 13.7. The van der Waals surface area contributed by atoms with E-state index in [1.807, 2.05) is 41.6 Å². The summed E-state index contributed by atoms with van der Waals surface area (Å²) < 4.78 is 3.69. The number of pyridine rings is 2. The zero-order valence-electron chi connectivity index (χ0n) is 20.3. The van der Waals surface area contributed by atoms with Gasteiger partial charge in [0.2, 0.25) is 0 Å². The van der Waals surface area contributed by atoms with E-state index in [9.17, 15) is 10.1 Å². The van der Waals surface area contributed by atoms with Gasteiger partial charge in [-0.1, -0.05) is 13.8 Å². The molecule has 1 saturated heterocycles. The average Bonchev–Trinajstić information content (AvgIpc) is 3.54. The minimum absolute atomic E-state index is 0.272. The molecule has 4 aromatic heterocycles. The third-order valence-corrected chi connectivity index (χ3v) is 6.32. The molecule has 0 radical (unpaired) electrons. The predicted octanol–water partition coefficient (Wildman–Crippen LogP) is 3.07. The number of anilines is 1. The summed E-state index contributed by atoms with van der Waals surface area (Å²) >= 11 is 0. The fraction of sp³-hybridized carbons (Fsp3) is 0.296. The van der Waals surface area contributed by atoms with Crippen LogP contribution in [0.5, 0.6) is 0 Å². The first-order valence-corrected chi connectivity index (χ1v) is 11.9. The van der Waals surface area contributed by atoms with Crippen molar-refractivity contribution >= 4 is 17.2 Å². The van der Waals surface area contributed by atoms with Crippen LogP contribution in [-0.4, -0.2) is 61.4 Å². The lowest BCUT2D eigenvalue weighted by Gasteiger charge is -2.34. The van der Waals surface area contributed by atoms with Crippen LogP contribution in [0.15, 0.2) is 49.2 Å². The van der Waals surface area contributed by atoms with E-state index in [4.69, 9.17) is 11.4 Å². The zero-order valence-corrected chi connectivity index (χ0v) is 20.3. The number of rotatable bonds is 5. The van der Waals surface area contributed by atoms with E-state index in [2.05, 4.69) is 47.0 Å². The molecule has 36 heavy (non-hydrogen) atoms. The molecule has 4 aromatic rings. The lowest BCUT2D eigenvalue weighted by Crippen LogP contribution is -2.48. The van der Waals surface area contributed by atoms with Gasteiger partial charge in [-0.25, -0.2) is 9.50 Å². The van der Waals surface area contributed by atoms with Crippen molar-refractivity contribution < 1.29 is 4.79 Å². The molecule has 9 heteroatoms. The highest BCUT2D eigenvalue weighted by Crippen LogP contribution is 2.32. The van der Waals surface area contributed by atoms with Gasteiger partial charge >= 0.3 is 0 Å². The average molecular weight is 479 g/mol. The van der Waals surface area contributed by atoms with Crippen LogP contribution in [0.1, 0.15) is 19.4 Å². The van der Waals surface area contributed by atoms with Crippen LogP contribution in [0.25, 0.3) is 27.8 Å².